The lowest BCUT2D eigenvalue weighted by atomic mass is 9.81. The first-order chi connectivity index (χ1) is 32.8. The lowest BCUT2D eigenvalue weighted by Crippen LogP contribution is -2.16. The first-order valence-electron chi connectivity index (χ1n) is 24.4. The molecule has 0 unspecified atom stereocenters. The Bertz CT molecular complexity index is 2900. The average molecular weight is 985 g/mol. The summed E-state index contributed by atoms with van der Waals surface area (Å²) in [5.74, 6) is 3.65. The number of hydrogen-bond acceptors (Lipinski definition) is 8. The third-order valence-electron chi connectivity index (χ3n) is 12.6. The van der Waals surface area contributed by atoms with Gasteiger partial charge in [-0.25, -0.2) is 0 Å². The molecule has 6 aromatic carbocycles. The van der Waals surface area contributed by atoms with Gasteiger partial charge in [-0.05, 0) is 131 Å². The molecule has 0 radical (unpaired) electrons. The number of methoxy groups -OCH3 is 2. The molecule has 0 N–H and O–H groups in total. The molecule has 0 saturated carbocycles. The largest absolute Gasteiger partial charge is 0.530 e. The highest BCUT2D eigenvalue weighted by atomic mass is 31.2. The number of aryl methyl sites for hydroxylation is 4. The second-order valence-corrected chi connectivity index (χ2v) is 24.5. The van der Waals surface area contributed by atoms with Crippen LogP contribution in [0.4, 0.5) is 0 Å². The second kappa shape index (κ2) is 20.3. The van der Waals surface area contributed by atoms with E-state index in [4.69, 9.17) is 36.0 Å². The van der Waals surface area contributed by atoms with E-state index in [0.29, 0.717) is 45.6 Å². The molecule has 10 heteroatoms. The summed E-state index contributed by atoms with van der Waals surface area (Å²) in [6.45, 7) is 34.9. The monoisotopic (exact) mass is 984 g/mol. The SMILES string of the molecule is CCc1ccc(OP(Oc2ccc(CC)cc2)Oc2c(-c3cc(OC)cc(C(C)(C)C)c3Op3oc4c(C(C)(C)C)cc(C)cc4c4cc(C)cc(C(C)(C)C)c4o3)cc(OC)cc2C(C)(C)C)cc1. The molecule has 0 fully saturated rings. The number of ether oxygens (including phenoxy) is 2. The van der Waals surface area contributed by atoms with Gasteiger partial charge in [-0.3, -0.25) is 0 Å². The Labute approximate surface area is 419 Å². The quantitative estimate of drug-likeness (QED) is 0.106. The topological polar surface area (TPSA) is 81.7 Å². The average Bonchev–Trinajstić information content (AvgIpc) is 3.43. The zero-order valence-corrected chi connectivity index (χ0v) is 46.6. The number of rotatable bonds is 13. The van der Waals surface area contributed by atoms with Crippen molar-refractivity contribution in [2.45, 2.75) is 145 Å². The molecule has 0 bridgehead atoms. The van der Waals surface area contributed by atoms with Crippen LogP contribution in [-0.4, -0.2) is 14.2 Å². The Morgan fingerprint density at radius 3 is 1.17 bits per heavy atom. The van der Waals surface area contributed by atoms with Crippen molar-refractivity contribution in [3.05, 3.63) is 142 Å². The molecule has 8 nitrogen and oxygen atoms in total. The van der Waals surface area contributed by atoms with Gasteiger partial charge in [0.2, 0.25) is 0 Å². The maximum atomic E-state index is 7.49. The number of fused-ring (bicyclic) bond motifs is 3. The first-order valence-corrected chi connectivity index (χ1v) is 26.6. The van der Waals surface area contributed by atoms with E-state index in [0.717, 1.165) is 68.2 Å². The highest BCUT2D eigenvalue weighted by Crippen LogP contribution is 2.55. The molecule has 7 rings (SSSR count). The van der Waals surface area contributed by atoms with Crippen LogP contribution in [0.5, 0.6) is 34.5 Å². The van der Waals surface area contributed by atoms with Crippen molar-refractivity contribution >= 4 is 38.8 Å². The summed E-state index contributed by atoms with van der Waals surface area (Å²) in [6, 6.07) is 33.1. The Kier molecular flexibility index (Phi) is 15.1. The van der Waals surface area contributed by atoms with Crippen molar-refractivity contribution in [1.82, 2.24) is 0 Å². The lowest BCUT2D eigenvalue weighted by Gasteiger charge is -2.29. The van der Waals surface area contributed by atoms with Crippen LogP contribution in [0.15, 0.2) is 105 Å². The molecular weight excluding hydrogens is 911 g/mol. The molecule has 1 aromatic heterocycles. The summed E-state index contributed by atoms with van der Waals surface area (Å²) in [7, 11) is -0.933. The summed E-state index contributed by atoms with van der Waals surface area (Å²) in [4.78, 5) is 0. The molecule has 0 aliphatic heterocycles. The van der Waals surface area contributed by atoms with E-state index < -0.39 is 27.7 Å². The third kappa shape index (κ3) is 11.6. The summed E-state index contributed by atoms with van der Waals surface area (Å²) in [5.41, 5.74) is 10.0. The maximum absolute atomic E-state index is 7.49. The van der Waals surface area contributed by atoms with Gasteiger partial charge in [0.25, 0.3) is 0 Å². The highest BCUT2D eigenvalue weighted by Gasteiger charge is 2.34. The second-order valence-electron chi connectivity index (χ2n) is 22.5. The van der Waals surface area contributed by atoms with E-state index in [-0.39, 0.29) is 10.8 Å². The highest BCUT2D eigenvalue weighted by molar-refractivity contribution is 7.43. The lowest BCUT2D eigenvalue weighted by molar-refractivity contribution is 0.380. The van der Waals surface area contributed by atoms with Crippen molar-refractivity contribution in [3.8, 4) is 45.6 Å². The molecule has 0 amide bonds. The van der Waals surface area contributed by atoms with Crippen LogP contribution in [0.1, 0.15) is 141 Å². The Morgan fingerprint density at radius 1 is 0.443 bits per heavy atom. The normalized spacial score (nSPS) is 12.4. The van der Waals surface area contributed by atoms with Crippen LogP contribution in [0.25, 0.3) is 33.1 Å². The van der Waals surface area contributed by atoms with Crippen LogP contribution in [0, 0.1) is 13.8 Å². The predicted octanol–water partition coefficient (Wildman–Crippen LogP) is 18.5. The van der Waals surface area contributed by atoms with Crippen molar-refractivity contribution in [2.24, 2.45) is 0 Å². The molecule has 372 valence electrons. The fourth-order valence-electron chi connectivity index (χ4n) is 8.56. The molecule has 1 heterocycles. The standard InChI is InChI=1S/C60H74O8P2/c1-19-39-21-25-41(26-22-39)63-69(64-42-27-23-40(20-2)24-28-42)65-55-47(33-43(61-17)35-51(55)59(11,12)13)48-34-44(62-18)36-52(60(14,15)16)56(48)68-70-66-53-45(29-37(3)31-49(53)57(5,6)7)46-30-38(4)32-50(54(46)67-70)58(8,9)10/h21-36H,19-20H2,1-18H3. The zero-order chi connectivity index (χ0) is 51.1. The van der Waals surface area contributed by atoms with Crippen molar-refractivity contribution in [3.63, 3.8) is 0 Å². The van der Waals surface area contributed by atoms with E-state index in [1.807, 2.05) is 48.5 Å². The van der Waals surface area contributed by atoms with Gasteiger partial charge in [-0.2, -0.15) is 0 Å². The molecular formula is C60H74O8P2. The fourth-order valence-corrected chi connectivity index (χ4v) is 10.8. The molecule has 7 aromatic rings. The smallest absolute Gasteiger partial charge is 0.497 e. The third-order valence-corrected chi connectivity index (χ3v) is 14.6. The van der Waals surface area contributed by atoms with Gasteiger partial charge < -0.3 is 36.0 Å². The van der Waals surface area contributed by atoms with Crippen LogP contribution >= 0.6 is 16.8 Å². The van der Waals surface area contributed by atoms with Gasteiger partial charge in [-0.1, -0.05) is 133 Å². The Morgan fingerprint density at radius 2 is 0.814 bits per heavy atom. The van der Waals surface area contributed by atoms with Gasteiger partial charge in [0.1, 0.15) is 45.7 Å². The number of benzene rings is 6. The van der Waals surface area contributed by atoms with Crippen LogP contribution in [0.3, 0.4) is 0 Å². The van der Waals surface area contributed by atoms with E-state index >= 15 is 0 Å². The predicted molar refractivity (Wildman–Crippen MR) is 292 cm³/mol. The van der Waals surface area contributed by atoms with Crippen molar-refractivity contribution in [2.75, 3.05) is 14.2 Å². The Hall–Kier alpha value is -5.55. The van der Waals surface area contributed by atoms with Crippen molar-refractivity contribution in [1.29, 1.82) is 0 Å². The van der Waals surface area contributed by atoms with Crippen LogP contribution in [-0.2, 0) is 34.5 Å². The van der Waals surface area contributed by atoms with Gasteiger partial charge in [0.05, 0.1) is 14.2 Å². The molecule has 70 heavy (non-hydrogen) atoms. The molecule has 0 aliphatic rings. The molecule has 0 atom stereocenters. The number of hydrogen-bond donors (Lipinski definition) is 0. The van der Waals surface area contributed by atoms with E-state index in [1.165, 1.54) is 11.1 Å². The minimum absolute atomic E-state index is 0.269. The minimum atomic E-state index is -2.18. The molecule has 0 aliphatic carbocycles. The zero-order valence-electron chi connectivity index (χ0n) is 44.8. The summed E-state index contributed by atoms with van der Waals surface area (Å²) < 4.78 is 55.0. The van der Waals surface area contributed by atoms with Gasteiger partial charge in [-0.15, -0.1) is 0 Å². The summed E-state index contributed by atoms with van der Waals surface area (Å²) >= 11 is 0. The summed E-state index contributed by atoms with van der Waals surface area (Å²) in [5, 5.41) is 1.96. The molecule has 0 spiro atoms. The maximum Gasteiger partial charge on any atom is 0.530 e. The Balaban J connectivity index is 1.57. The van der Waals surface area contributed by atoms with Gasteiger partial charge in [0, 0.05) is 44.2 Å². The minimum Gasteiger partial charge on any atom is -0.497 e. The van der Waals surface area contributed by atoms with Crippen LogP contribution in [0.2, 0.25) is 0 Å². The van der Waals surface area contributed by atoms with Crippen molar-refractivity contribution < 1.29 is 36.0 Å². The summed E-state index contributed by atoms with van der Waals surface area (Å²) in [6.07, 6.45) is 1.81. The van der Waals surface area contributed by atoms with Gasteiger partial charge in [0.15, 0.2) is 0 Å². The van der Waals surface area contributed by atoms with E-state index in [9.17, 15) is 0 Å². The van der Waals surface area contributed by atoms with E-state index in [1.54, 1.807) is 14.2 Å². The van der Waals surface area contributed by atoms with E-state index in [2.05, 4.69) is 159 Å². The van der Waals surface area contributed by atoms with Gasteiger partial charge >= 0.3 is 16.8 Å². The fraction of sp³-hybridized carbons (Fsp3) is 0.400. The van der Waals surface area contributed by atoms with Crippen LogP contribution < -0.4 is 27.6 Å². The molecule has 0 saturated heterocycles. The first kappa shape index (κ1) is 52.3.